The fourth-order valence-electron chi connectivity index (χ4n) is 3.13. The van der Waals surface area contributed by atoms with Gasteiger partial charge in [-0.1, -0.05) is 48.0 Å². The summed E-state index contributed by atoms with van der Waals surface area (Å²) in [5.74, 6) is -0.139. The quantitative estimate of drug-likeness (QED) is 0.845. The number of thiocarbonyl (C=S) groups is 1. The number of nitrogens with one attached hydrogen (secondary N) is 1. The second kappa shape index (κ2) is 8.92. The molecule has 2 aromatic carbocycles. The van der Waals surface area contributed by atoms with E-state index in [1.165, 1.54) is 5.56 Å². The van der Waals surface area contributed by atoms with Crippen molar-refractivity contribution < 1.29 is 4.79 Å². The molecule has 1 amide bonds. The lowest BCUT2D eigenvalue weighted by Crippen LogP contribution is -2.44. The van der Waals surface area contributed by atoms with Crippen LogP contribution in [-0.2, 0) is 6.54 Å². The average Bonchev–Trinajstić information content (AvgIpc) is 2.89. The van der Waals surface area contributed by atoms with Crippen LogP contribution in [0.25, 0.3) is 0 Å². The summed E-state index contributed by atoms with van der Waals surface area (Å²) in [5.41, 5.74) is 3.10. The van der Waals surface area contributed by atoms with E-state index >= 15 is 0 Å². The zero-order chi connectivity index (χ0) is 18.4. The summed E-state index contributed by atoms with van der Waals surface area (Å²) in [6.45, 7) is 6.65. The van der Waals surface area contributed by atoms with E-state index in [1.807, 2.05) is 37.3 Å². The van der Waals surface area contributed by atoms with Crippen LogP contribution >= 0.6 is 12.2 Å². The molecule has 0 atom stereocenters. The highest BCUT2D eigenvalue weighted by molar-refractivity contribution is 7.80. The Morgan fingerprint density at radius 2 is 1.73 bits per heavy atom. The van der Waals surface area contributed by atoms with Crippen molar-refractivity contribution in [2.75, 3.05) is 26.2 Å². The van der Waals surface area contributed by atoms with Gasteiger partial charge in [-0.25, -0.2) is 0 Å². The van der Waals surface area contributed by atoms with Gasteiger partial charge in [0.2, 0.25) is 0 Å². The summed E-state index contributed by atoms with van der Waals surface area (Å²) in [7, 11) is 0. The number of nitrogens with zero attached hydrogens (tertiary/aromatic N) is 2. The fourth-order valence-corrected chi connectivity index (χ4v) is 3.40. The first-order valence-electron chi connectivity index (χ1n) is 9.05. The molecule has 0 bridgehead atoms. The third-order valence-electron chi connectivity index (χ3n) is 4.66. The van der Waals surface area contributed by atoms with Crippen LogP contribution in [0.3, 0.4) is 0 Å². The summed E-state index contributed by atoms with van der Waals surface area (Å²) in [6.07, 6.45) is 1.04. The van der Waals surface area contributed by atoms with Crippen LogP contribution in [0.2, 0.25) is 0 Å². The van der Waals surface area contributed by atoms with E-state index in [2.05, 4.69) is 39.4 Å². The molecule has 0 spiro atoms. The monoisotopic (exact) mass is 367 g/mol. The molecule has 1 heterocycles. The largest absolute Gasteiger partial charge is 0.348 e. The van der Waals surface area contributed by atoms with Crippen molar-refractivity contribution >= 4 is 23.2 Å². The van der Waals surface area contributed by atoms with Crippen LogP contribution in [0.15, 0.2) is 54.6 Å². The van der Waals surface area contributed by atoms with E-state index in [4.69, 9.17) is 12.2 Å². The van der Waals surface area contributed by atoms with Gasteiger partial charge in [-0.2, -0.15) is 0 Å². The number of carbonyl (C=O) groups excluding carboxylic acids is 1. The molecule has 0 aromatic heterocycles. The van der Waals surface area contributed by atoms with Gasteiger partial charge < -0.3 is 4.90 Å². The van der Waals surface area contributed by atoms with Crippen molar-refractivity contribution in [1.29, 1.82) is 0 Å². The SMILES string of the molecule is Cc1ccc(C(=O)NC(=S)N2CCCN(Cc3ccccc3)CC2)cc1. The van der Waals surface area contributed by atoms with Crippen LogP contribution in [0.5, 0.6) is 0 Å². The topological polar surface area (TPSA) is 35.6 Å². The number of aryl methyl sites for hydroxylation is 1. The highest BCUT2D eigenvalue weighted by Gasteiger charge is 2.18. The molecule has 1 fully saturated rings. The molecule has 0 saturated carbocycles. The Morgan fingerprint density at radius 1 is 1.00 bits per heavy atom. The van der Waals surface area contributed by atoms with Gasteiger partial charge in [0, 0.05) is 38.3 Å². The standard InChI is InChI=1S/C21H25N3OS/c1-17-8-10-19(11-9-17)20(25)22-21(26)24-13-5-12-23(14-15-24)16-18-6-3-2-4-7-18/h2-4,6-11H,5,12-16H2,1H3,(H,22,25,26). The number of amides is 1. The lowest BCUT2D eigenvalue weighted by molar-refractivity contribution is 0.0973. The number of benzene rings is 2. The molecule has 26 heavy (non-hydrogen) atoms. The summed E-state index contributed by atoms with van der Waals surface area (Å²) in [5, 5.41) is 3.40. The Balaban J connectivity index is 1.52. The van der Waals surface area contributed by atoms with Gasteiger partial charge in [0.15, 0.2) is 5.11 Å². The zero-order valence-electron chi connectivity index (χ0n) is 15.1. The predicted octanol–water partition coefficient (Wildman–Crippen LogP) is 3.22. The maximum absolute atomic E-state index is 12.4. The van der Waals surface area contributed by atoms with Crippen LogP contribution in [0, 0.1) is 6.92 Å². The lowest BCUT2D eigenvalue weighted by Gasteiger charge is -2.24. The van der Waals surface area contributed by atoms with Crippen LogP contribution in [0.1, 0.15) is 27.9 Å². The van der Waals surface area contributed by atoms with Crippen LogP contribution in [0.4, 0.5) is 0 Å². The summed E-state index contributed by atoms with van der Waals surface area (Å²) < 4.78 is 0. The third-order valence-corrected chi connectivity index (χ3v) is 5.02. The van der Waals surface area contributed by atoms with Gasteiger partial charge in [0.05, 0.1) is 0 Å². The van der Waals surface area contributed by atoms with E-state index in [-0.39, 0.29) is 5.91 Å². The van der Waals surface area contributed by atoms with E-state index in [9.17, 15) is 4.79 Å². The minimum Gasteiger partial charge on any atom is -0.348 e. The average molecular weight is 368 g/mol. The summed E-state index contributed by atoms with van der Waals surface area (Å²) >= 11 is 5.48. The van der Waals surface area contributed by atoms with Gasteiger partial charge >= 0.3 is 0 Å². The smallest absolute Gasteiger partial charge is 0.257 e. The minimum atomic E-state index is -0.139. The van der Waals surface area contributed by atoms with Crippen LogP contribution in [-0.4, -0.2) is 47.0 Å². The molecule has 3 rings (SSSR count). The highest BCUT2D eigenvalue weighted by Crippen LogP contribution is 2.10. The molecule has 1 N–H and O–H groups in total. The maximum atomic E-state index is 12.4. The normalized spacial score (nSPS) is 15.3. The van der Waals surface area contributed by atoms with E-state index in [0.29, 0.717) is 10.7 Å². The van der Waals surface area contributed by atoms with Crippen molar-refractivity contribution in [3.63, 3.8) is 0 Å². The van der Waals surface area contributed by atoms with Crippen molar-refractivity contribution in [2.24, 2.45) is 0 Å². The molecule has 1 aliphatic rings. The Kier molecular flexibility index (Phi) is 6.36. The molecule has 0 aliphatic carbocycles. The third kappa shape index (κ3) is 5.13. The molecular weight excluding hydrogens is 342 g/mol. The van der Waals surface area contributed by atoms with Gasteiger partial charge in [-0.15, -0.1) is 0 Å². The maximum Gasteiger partial charge on any atom is 0.257 e. The molecule has 1 saturated heterocycles. The Labute approximate surface area is 160 Å². The molecular formula is C21H25N3OS. The van der Waals surface area contributed by atoms with Crippen molar-refractivity contribution in [1.82, 2.24) is 15.1 Å². The number of rotatable bonds is 3. The summed E-state index contributed by atoms with van der Waals surface area (Å²) in [6, 6.07) is 18.1. The first-order valence-corrected chi connectivity index (χ1v) is 9.46. The van der Waals surface area contributed by atoms with Gasteiger partial charge in [-0.05, 0) is 43.3 Å². The molecule has 136 valence electrons. The van der Waals surface area contributed by atoms with Gasteiger partial charge in [0.1, 0.15) is 0 Å². The van der Waals surface area contributed by atoms with Crippen LogP contribution < -0.4 is 5.32 Å². The number of carbonyl (C=O) groups is 1. The molecule has 1 aliphatic heterocycles. The van der Waals surface area contributed by atoms with E-state index in [1.54, 1.807) is 0 Å². The predicted molar refractivity (Wildman–Crippen MR) is 109 cm³/mol. The second-order valence-corrected chi connectivity index (χ2v) is 7.11. The fraction of sp³-hybridized carbons (Fsp3) is 0.333. The number of hydrogen-bond donors (Lipinski definition) is 1. The molecule has 0 radical (unpaired) electrons. The van der Waals surface area contributed by atoms with E-state index in [0.717, 1.165) is 44.7 Å². The van der Waals surface area contributed by atoms with Crippen molar-refractivity contribution in [2.45, 2.75) is 19.9 Å². The summed E-state index contributed by atoms with van der Waals surface area (Å²) in [4.78, 5) is 16.9. The second-order valence-electron chi connectivity index (χ2n) is 6.73. The van der Waals surface area contributed by atoms with E-state index < -0.39 is 0 Å². The molecule has 5 heteroatoms. The van der Waals surface area contributed by atoms with Crippen molar-refractivity contribution in [3.05, 3.63) is 71.3 Å². The number of hydrogen-bond acceptors (Lipinski definition) is 3. The Hall–Kier alpha value is -2.24. The highest BCUT2D eigenvalue weighted by atomic mass is 32.1. The minimum absolute atomic E-state index is 0.139. The molecule has 0 unspecified atom stereocenters. The molecule has 4 nitrogen and oxygen atoms in total. The van der Waals surface area contributed by atoms with Gasteiger partial charge in [0.25, 0.3) is 5.91 Å². The molecule has 2 aromatic rings. The Bertz CT molecular complexity index is 746. The zero-order valence-corrected chi connectivity index (χ0v) is 16.0. The first kappa shape index (κ1) is 18.5. The Morgan fingerprint density at radius 3 is 2.46 bits per heavy atom. The van der Waals surface area contributed by atoms with Crippen molar-refractivity contribution in [3.8, 4) is 0 Å². The first-order chi connectivity index (χ1) is 12.6. The van der Waals surface area contributed by atoms with Gasteiger partial charge in [-0.3, -0.25) is 15.0 Å². The lowest BCUT2D eigenvalue weighted by atomic mass is 10.1.